The number of halogens is 2. The monoisotopic (exact) mass is 357 g/mol. The van der Waals surface area contributed by atoms with Crippen molar-refractivity contribution in [2.75, 3.05) is 0 Å². The van der Waals surface area contributed by atoms with Crippen LogP contribution in [0, 0.1) is 11.6 Å². The molecule has 0 saturated carbocycles. The number of aromatic nitrogens is 3. The second-order valence-corrected chi connectivity index (χ2v) is 5.23. The Kier molecular flexibility index (Phi) is 4.97. The van der Waals surface area contributed by atoms with Gasteiger partial charge in [-0.05, 0) is 24.3 Å². The largest absolute Gasteiger partial charge is 0.507 e. The van der Waals surface area contributed by atoms with Gasteiger partial charge in [0.25, 0.3) is 5.91 Å². The second-order valence-electron chi connectivity index (χ2n) is 5.23. The maximum Gasteiger partial charge on any atom is 0.275 e. The van der Waals surface area contributed by atoms with Crippen LogP contribution < -0.4 is 5.43 Å². The Hall–Kier alpha value is -3.62. The zero-order valence-corrected chi connectivity index (χ0v) is 13.3. The molecular weight excluding hydrogens is 344 g/mol. The molecule has 9 heteroatoms. The topological polar surface area (TPSA) is 92.4 Å². The van der Waals surface area contributed by atoms with Crippen molar-refractivity contribution < 1.29 is 18.7 Å². The van der Waals surface area contributed by atoms with E-state index >= 15 is 0 Å². The highest BCUT2D eigenvalue weighted by molar-refractivity contribution is 6.02. The van der Waals surface area contributed by atoms with Gasteiger partial charge < -0.3 is 5.11 Å². The number of carbonyl (C=O) groups excluding carboxylic acids is 1. The van der Waals surface area contributed by atoms with Gasteiger partial charge in [0, 0.05) is 11.6 Å². The van der Waals surface area contributed by atoms with Gasteiger partial charge in [0.05, 0.1) is 17.8 Å². The number of phenols is 1. The minimum atomic E-state index is -0.833. The summed E-state index contributed by atoms with van der Waals surface area (Å²) in [6.07, 6.45) is 2.68. The van der Waals surface area contributed by atoms with Crippen molar-refractivity contribution in [3.05, 3.63) is 77.9 Å². The van der Waals surface area contributed by atoms with Gasteiger partial charge in [0.15, 0.2) is 0 Å². The molecule has 3 rings (SSSR count). The third-order valence-electron chi connectivity index (χ3n) is 3.46. The van der Waals surface area contributed by atoms with E-state index < -0.39 is 17.5 Å². The van der Waals surface area contributed by atoms with E-state index in [0.717, 1.165) is 12.1 Å². The van der Waals surface area contributed by atoms with Crippen molar-refractivity contribution in [2.24, 2.45) is 5.10 Å². The van der Waals surface area contributed by atoms with Crippen LogP contribution in [0.15, 0.2) is 60.2 Å². The Balaban J connectivity index is 1.91. The highest BCUT2D eigenvalue weighted by Gasteiger charge is 2.14. The molecule has 3 aromatic rings. The molecule has 0 fully saturated rings. The molecule has 26 heavy (non-hydrogen) atoms. The van der Waals surface area contributed by atoms with Crippen molar-refractivity contribution >= 4 is 11.6 Å². The van der Waals surface area contributed by atoms with E-state index in [4.69, 9.17) is 0 Å². The quantitative estimate of drug-likeness (QED) is 0.540. The molecule has 1 amide bonds. The Bertz CT molecular complexity index is 958. The van der Waals surface area contributed by atoms with Gasteiger partial charge >= 0.3 is 0 Å². The Morgan fingerprint density at radius 2 is 2.00 bits per heavy atom. The SMILES string of the molecule is O=C(N/N=C(/Cn1cncn1)c1ccc(F)cc1F)c1ccccc1O. The highest BCUT2D eigenvalue weighted by atomic mass is 19.1. The molecule has 0 bridgehead atoms. The van der Waals surface area contributed by atoms with E-state index in [1.54, 1.807) is 12.1 Å². The minimum absolute atomic E-state index is 0.000478. The number of nitrogens with one attached hydrogen (secondary N) is 1. The van der Waals surface area contributed by atoms with Crippen LogP contribution in [0.1, 0.15) is 15.9 Å². The minimum Gasteiger partial charge on any atom is -0.507 e. The smallest absolute Gasteiger partial charge is 0.275 e. The van der Waals surface area contributed by atoms with Crippen LogP contribution in [0.25, 0.3) is 0 Å². The summed E-state index contributed by atoms with van der Waals surface area (Å²) in [5.41, 5.74) is 2.36. The van der Waals surface area contributed by atoms with Crippen LogP contribution in [0.5, 0.6) is 5.75 Å². The molecule has 0 radical (unpaired) electrons. The molecule has 0 aliphatic heterocycles. The molecule has 0 saturated heterocycles. The molecule has 132 valence electrons. The Morgan fingerprint density at radius 1 is 1.19 bits per heavy atom. The van der Waals surface area contributed by atoms with Crippen LogP contribution in [-0.2, 0) is 6.54 Å². The number of hydrogen-bond donors (Lipinski definition) is 2. The zero-order chi connectivity index (χ0) is 18.5. The number of rotatable bonds is 5. The molecular formula is C17H13F2N5O2. The van der Waals surface area contributed by atoms with Crippen molar-refractivity contribution in [2.45, 2.75) is 6.54 Å². The van der Waals surface area contributed by atoms with Crippen LogP contribution in [0.4, 0.5) is 8.78 Å². The molecule has 0 aliphatic rings. The molecule has 2 N–H and O–H groups in total. The van der Waals surface area contributed by atoms with Crippen LogP contribution in [0.3, 0.4) is 0 Å². The summed E-state index contributed by atoms with van der Waals surface area (Å²) >= 11 is 0. The molecule has 0 spiro atoms. The lowest BCUT2D eigenvalue weighted by atomic mass is 10.1. The molecule has 0 aliphatic carbocycles. The first-order valence-electron chi connectivity index (χ1n) is 7.47. The summed E-state index contributed by atoms with van der Waals surface area (Å²) in [5, 5.41) is 17.5. The van der Waals surface area contributed by atoms with Crippen molar-refractivity contribution in [1.82, 2.24) is 20.2 Å². The van der Waals surface area contributed by atoms with Gasteiger partial charge in [-0.1, -0.05) is 12.1 Å². The van der Waals surface area contributed by atoms with Crippen LogP contribution >= 0.6 is 0 Å². The molecule has 1 heterocycles. The molecule has 2 aromatic carbocycles. The number of carbonyl (C=O) groups is 1. The third kappa shape index (κ3) is 3.89. The summed E-state index contributed by atoms with van der Waals surface area (Å²) in [5.74, 6) is -2.46. The number of hydrogen-bond acceptors (Lipinski definition) is 5. The highest BCUT2D eigenvalue weighted by Crippen LogP contribution is 2.15. The van der Waals surface area contributed by atoms with E-state index in [1.807, 2.05) is 0 Å². The normalized spacial score (nSPS) is 11.4. The maximum absolute atomic E-state index is 14.1. The van der Waals surface area contributed by atoms with Gasteiger partial charge in [0.1, 0.15) is 30.0 Å². The number of amides is 1. The third-order valence-corrected chi connectivity index (χ3v) is 3.46. The first-order chi connectivity index (χ1) is 12.5. The predicted molar refractivity (Wildman–Crippen MR) is 88.5 cm³/mol. The van der Waals surface area contributed by atoms with E-state index in [9.17, 15) is 18.7 Å². The van der Waals surface area contributed by atoms with Crippen LogP contribution in [0.2, 0.25) is 0 Å². The fraction of sp³-hybridized carbons (Fsp3) is 0.0588. The molecule has 0 unspecified atom stereocenters. The van der Waals surface area contributed by atoms with E-state index in [1.165, 1.54) is 35.5 Å². The summed E-state index contributed by atoms with van der Waals surface area (Å²) in [7, 11) is 0. The first kappa shape index (κ1) is 17.2. The van der Waals surface area contributed by atoms with Crippen molar-refractivity contribution in [1.29, 1.82) is 0 Å². The number of nitrogens with zero attached hydrogens (tertiary/aromatic N) is 4. The van der Waals surface area contributed by atoms with Crippen LogP contribution in [-0.4, -0.2) is 31.5 Å². The number of benzene rings is 2. The van der Waals surface area contributed by atoms with Crippen molar-refractivity contribution in [3.8, 4) is 5.75 Å². The average molecular weight is 357 g/mol. The lowest BCUT2D eigenvalue weighted by Gasteiger charge is -2.09. The zero-order valence-electron chi connectivity index (χ0n) is 13.3. The summed E-state index contributed by atoms with van der Waals surface area (Å²) in [6, 6.07) is 8.93. The number of aromatic hydroxyl groups is 1. The first-order valence-corrected chi connectivity index (χ1v) is 7.47. The fourth-order valence-corrected chi connectivity index (χ4v) is 2.22. The fourth-order valence-electron chi connectivity index (χ4n) is 2.22. The summed E-state index contributed by atoms with van der Waals surface area (Å²) in [6.45, 7) is -0.0103. The van der Waals surface area contributed by atoms with E-state index in [-0.39, 0.29) is 29.1 Å². The lowest BCUT2D eigenvalue weighted by molar-refractivity contribution is 0.0952. The van der Waals surface area contributed by atoms with Gasteiger partial charge in [-0.3, -0.25) is 4.79 Å². The number of para-hydroxylation sites is 1. The van der Waals surface area contributed by atoms with Crippen molar-refractivity contribution in [3.63, 3.8) is 0 Å². The summed E-state index contributed by atoms with van der Waals surface area (Å²) < 4.78 is 28.7. The Labute approximate surface area is 146 Å². The average Bonchev–Trinajstić information content (AvgIpc) is 3.12. The van der Waals surface area contributed by atoms with E-state index in [2.05, 4.69) is 20.6 Å². The maximum atomic E-state index is 14.1. The van der Waals surface area contributed by atoms with Gasteiger partial charge in [0.2, 0.25) is 0 Å². The molecule has 7 nitrogen and oxygen atoms in total. The van der Waals surface area contributed by atoms with Gasteiger partial charge in [-0.25, -0.2) is 23.9 Å². The Morgan fingerprint density at radius 3 is 2.69 bits per heavy atom. The van der Waals surface area contributed by atoms with E-state index in [0.29, 0.717) is 0 Å². The summed E-state index contributed by atoms with van der Waals surface area (Å²) in [4.78, 5) is 16.0. The molecule has 0 atom stereocenters. The molecule has 1 aromatic heterocycles. The second kappa shape index (κ2) is 7.51. The van der Waals surface area contributed by atoms with Gasteiger partial charge in [-0.2, -0.15) is 10.2 Å². The number of phenolic OH excluding ortho intramolecular Hbond substituents is 1. The lowest BCUT2D eigenvalue weighted by Crippen LogP contribution is -2.23. The predicted octanol–water partition coefficient (Wildman–Crippen LogP) is 2.10. The standard InChI is InChI=1S/C17H13F2N5O2/c18-11-5-6-12(14(19)7-11)15(8-24-10-20-9-21-24)22-23-17(26)13-3-1-2-4-16(13)25/h1-7,9-10,25H,8H2,(H,23,26)/b22-15-. The van der Waals surface area contributed by atoms with Gasteiger partial charge in [-0.15, -0.1) is 0 Å². The number of hydrazone groups is 1.